The number of carbonyl (C=O) groups excluding carboxylic acids is 1. The summed E-state index contributed by atoms with van der Waals surface area (Å²) in [6.07, 6.45) is 1.62. The summed E-state index contributed by atoms with van der Waals surface area (Å²) >= 11 is 3.39. The number of aryl methyl sites for hydroxylation is 1. The van der Waals surface area contributed by atoms with Crippen molar-refractivity contribution < 1.29 is 14.7 Å². The lowest BCUT2D eigenvalue weighted by atomic mass is 10.1. The number of hydrogen-bond donors (Lipinski definition) is 2. The molecule has 0 aliphatic rings. The topological polar surface area (TPSA) is 66.4 Å². The van der Waals surface area contributed by atoms with Gasteiger partial charge in [-0.2, -0.15) is 0 Å². The Morgan fingerprint density at radius 2 is 2.11 bits per heavy atom. The number of hydrogen-bond acceptors (Lipinski definition) is 2. The Balaban J connectivity index is 2.29. The van der Waals surface area contributed by atoms with Gasteiger partial charge in [0, 0.05) is 23.4 Å². The maximum Gasteiger partial charge on any atom is 0.303 e. The van der Waals surface area contributed by atoms with E-state index in [1.165, 1.54) is 0 Å². The summed E-state index contributed by atoms with van der Waals surface area (Å²) in [7, 11) is 0. The van der Waals surface area contributed by atoms with Crippen LogP contribution < -0.4 is 5.32 Å². The Hall–Kier alpha value is -1.36. The third-order valence-corrected chi connectivity index (χ3v) is 3.22. The standard InChI is InChI=1S/C14H18BrNO3/c1-10(5-8-14(18)19)16-13(17)7-6-11-3-2-4-12(15)9-11/h2-4,9-10H,5-8H2,1H3,(H,16,17)(H,18,19). The molecule has 0 aliphatic carbocycles. The first kappa shape index (κ1) is 15.7. The maximum absolute atomic E-state index is 11.7. The molecule has 19 heavy (non-hydrogen) atoms. The van der Waals surface area contributed by atoms with E-state index < -0.39 is 5.97 Å². The van der Waals surface area contributed by atoms with Crippen molar-refractivity contribution in [1.29, 1.82) is 0 Å². The van der Waals surface area contributed by atoms with E-state index in [0.717, 1.165) is 10.0 Å². The fourth-order valence-corrected chi connectivity index (χ4v) is 2.16. The van der Waals surface area contributed by atoms with Crippen LogP contribution >= 0.6 is 15.9 Å². The zero-order valence-corrected chi connectivity index (χ0v) is 12.4. The molecule has 1 rings (SSSR count). The zero-order valence-electron chi connectivity index (χ0n) is 10.9. The van der Waals surface area contributed by atoms with Crippen LogP contribution in [0.3, 0.4) is 0 Å². The van der Waals surface area contributed by atoms with E-state index in [4.69, 9.17) is 5.11 Å². The molecule has 0 saturated heterocycles. The molecule has 0 aliphatic heterocycles. The summed E-state index contributed by atoms with van der Waals surface area (Å²) in [5.41, 5.74) is 1.10. The van der Waals surface area contributed by atoms with E-state index in [1.54, 1.807) is 0 Å². The predicted molar refractivity (Wildman–Crippen MR) is 76.9 cm³/mol. The lowest BCUT2D eigenvalue weighted by Crippen LogP contribution is -2.33. The van der Waals surface area contributed by atoms with Gasteiger partial charge in [-0.15, -0.1) is 0 Å². The van der Waals surface area contributed by atoms with Crippen molar-refractivity contribution in [1.82, 2.24) is 5.32 Å². The minimum absolute atomic E-state index is 0.0436. The molecule has 5 heteroatoms. The predicted octanol–water partition coefficient (Wildman–Crippen LogP) is 2.75. The van der Waals surface area contributed by atoms with Crippen molar-refractivity contribution in [3.8, 4) is 0 Å². The van der Waals surface area contributed by atoms with Crippen LogP contribution in [0.15, 0.2) is 28.7 Å². The molecule has 1 aromatic rings. The lowest BCUT2D eigenvalue weighted by Gasteiger charge is -2.12. The van der Waals surface area contributed by atoms with Gasteiger partial charge in [0.25, 0.3) is 0 Å². The van der Waals surface area contributed by atoms with E-state index >= 15 is 0 Å². The minimum atomic E-state index is -0.838. The van der Waals surface area contributed by atoms with Crippen molar-refractivity contribution in [3.05, 3.63) is 34.3 Å². The Labute approximate surface area is 121 Å². The van der Waals surface area contributed by atoms with Gasteiger partial charge in [0.2, 0.25) is 5.91 Å². The quantitative estimate of drug-likeness (QED) is 0.809. The third-order valence-electron chi connectivity index (χ3n) is 2.73. The first-order valence-electron chi connectivity index (χ1n) is 6.23. The number of amides is 1. The number of rotatable bonds is 7. The molecule has 0 heterocycles. The van der Waals surface area contributed by atoms with Crippen molar-refractivity contribution in [2.45, 2.75) is 38.6 Å². The van der Waals surface area contributed by atoms with Gasteiger partial charge in [-0.1, -0.05) is 28.1 Å². The molecule has 0 fully saturated rings. The van der Waals surface area contributed by atoms with Crippen molar-refractivity contribution >= 4 is 27.8 Å². The van der Waals surface area contributed by atoms with Gasteiger partial charge >= 0.3 is 5.97 Å². The SMILES string of the molecule is CC(CCC(=O)O)NC(=O)CCc1cccc(Br)c1. The number of nitrogens with one attached hydrogen (secondary N) is 1. The van der Waals surface area contributed by atoms with E-state index in [1.807, 2.05) is 31.2 Å². The third kappa shape index (κ3) is 6.96. The molecule has 0 radical (unpaired) electrons. The van der Waals surface area contributed by atoms with Crippen molar-refractivity contribution in [2.75, 3.05) is 0 Å². The number of carboxylic acid groups (broad SMARTS) is 1. The molecule has 1 aromatic carbocycles. The highest BCUT2D eigenvalue weighted by Crippen LogP contribution is 2.13. The van der Waals surface area contributed by atoms with Gasteiger partial charge in [0.15, 0.2) is 0 Å². The van der Waals surface area contributed by atoms with Gasteiger partial charge < -0.3 is 10.4 Å². The smallest absolute Gasteiger partial charge is 0.303 e. The molecule has 4 nitrogen and oxygen atoms in total. The van der Waals surface area contributed by atoms with E-state index in [2.05, 4.69) is 21.2 Å². The van der Waals surface area contributed by atoms with E-state index in [9.17, 15) is 9.59 Å². The Bertz CT molecular complexity index is 448. The summed E-state index contributed by atoms with van der Waals surface area (Å²) in [6.45, 7) is 1.82. The number of benzene rings is 1. The van der Waals surface area contributed by atoms with Crippen LogP contribution in [0, 0.1) is 0 Å². The monoisotopic (exact) mass is 327 g/mol. The molecule has 1 atom stereocenters. The molecule has 0 bridgehead atoms. The average Bonchev–Trinajstić information content (AvgIpc) is 2.34. The summed E-state index contributed by atoms with van der Waals surface area (Å²) in [5.74, 6) is -0.881. The average molecular weight is 328 g/mol. The number of halogens is 1. The van der Waals surface area contributed by atoms with Gasteiger partial charge in [0.05, 0.1) is 0 Å². The minimum Gasteiger partial charge on any atom is -0.481 e. The molecular formula is C14H18BrNO3. The lowest BCUT2D eigenvalue weighted by molar-refractivity contribution is -0.137. The van der Waals surface area contributed by atoms with Crippen molar-refractivity contribution in [2.24, 2.45) is 0 Å². The van der Waals surface area contributed by atoms with Gasteiger partial charge in [-0.3, -0.25) is 9.59 Å². The fourth-order valence-electron chi connectivity index (χ4n) is 1.71. The molecule has 1 amide bonds. The largest absolute Gasteiger partial charge is 0.481 e. The van der Waals surface area contributed by atoms with Crippen LogP contribution in [-0.4, -0.2) is 23.0 Å². The van der Waals surface area contributed by atoms with Crippen molar-refractivity contribution in [3.63, 3.8) is 0 Å². The van der Waals surface area contributed by atoms with Crippen LogP contribution in [0.1, 0.15) is 31.7 Å². The second-order valence-electron chi connectivity index (χ2n) is 4.53. The second-order valence-corrected chi connectivity index (χ2v) is 5.45. The molecule has 0 aromatic heterocycles. The second kappa shape index (κ2) is 7.94. The zero-order chi connectivity index (χ0) is 14.3. The molecule has 104 valence electrons. The molecular weight excluding hydrogens is 310 g/mol. The summed E-state index contributed by atoms with van der Waals surface area (Å²) in [5, 5.41) is 11.4. The highest BCUT2D eigenvalue weighted by molar-refractivity contribution is 9.10. The van der Waals surface area contributed by atoms with Crippen LogP contribution in [0.2, 0.25) is 0 Å². The summed E-state index contributed by atoms with van der Waals surface area (Å²) < 4.78 is 1.00. The highest BCUT2D eigenvalue weighted by Gasteiger charge is 2.09. The van der Waals surface area contributed by atoms with Gasteiger partial charge in [0.1, 0.15) is 0 Å². The van der Waals surface area contributed by atoms with Gasteiger partial charge in [-0.05, 0) is 37.5 Å². The Morgan fingerprint density at radius 1 is 1.37 bits per heavy atom. The highest BCUT2D eigenvalue weighted by atomic mass is 79.9. The van der Waals surface area contributed by atoms with Crippen LogP contribution in [-0.2, 0) is 16.0 Å². The van der Waals surface area contributed by atoms with E-state index in [-0.39, 0.29) is 18.4 Å². The van der Waals surface area contributed by atoms with E-state index in [0.29, 0.717) is 19.3 Å². The molecule has 2 N–H and O–H groups in total. The summed E-state index contributed by atoms with van der Waals surface area (Å²) in [4.78, 5) is 22.1. The Kier molecular flexibility index (Phi) is 6.56. The number of carboxylic acids is 1. The molecule has 0 saturated carbocycles. The normalized spacial score (nSPS) is 11.9. The fraction of sp³-hybridized carbons (Fsp3) is 0.429. The first-order chi connectivity index (χ1) is 8.97. The number of carbonyl (C=O) groups is 2. The summed E-state index contributed by atoms with van der Waals surface area (Å²) in [6, 6.07) is 7.74. The van der Waals surface area contributed by atoms with Crippen LogP contribution in [0.25, 0.3) is 0 Å². The number of aliphatic carboxylic acids is 1. The Morgan fingerprint density at radius 3 is 2.74 bits per heavy atom. The van der Waals surface area contributed by atoms with Crippen LogP contribution in [0.5, 0.6) is 0 Å². The molecule has 0 spiro atoms. The first-order valence-corrected chi connectivity index (χ1v) is 7.02. The maximum atomic E-state index is 11.7. The van der Waals surface area contributed by atoms with Gasteiger partial charge in [-0.25, -0.2) is 0 Å². The van der Waals surface area contributed by atoms with Crippen LogP contribution in [0.4, 0.5) is 0 Å². The molecule has 1 unspecified atom stereocenters.